The van der Waals surface area contributed by atoms with Crippen molar-refractivity contribution in [2.75, 3.05) is 0 Å². The maximum Gasteiger partial charge on any atom is 0.166 e. The van der Waals surface area contributed by atoms with Gasteiger partial charge in [-0.1, -0.05) is 0 Å². The summed E-state index contributed by atoms with van der Waals surface area (Å²) >= 11 is 0. The molecule has 8 heterocycles. The van der Waals surface area contributed by atoms with Crippen LogP contribution in [0.2, 0.25) is 0 Å². The molecule has 0 fully saturated rings. The number of rotatable bonds is 0. The largest absolute Gasteiger partial charge is 0.324 e. The van der Waals surface area contributed by atoms with Gasteiger partial charge in [-0.15, -0.1) is 0 Å². The summed E-state index contributed by atoms with van der Waals surface area (Å²) in [7, 11) is 0. The van der Waals surface area contributed by atoms with Crippen LogP contribution in [0.5, 0.6) is 0 Å². The normalized spacial score (nSPS) is 12.0. The maximum atomic E-state index is 5.04. The van der Waals surface area contributed by atoms with Gasteiger partial charge < -0.3 is 9.97 Å². The van der Waals surface area contributed by atoms with Crippen molar-refractivity contribution in [2.45, 2.75) is 0 Å². The third kappa shape index (κ3) is 2.96. The van der Waals surface area contributed by atoms with Gasteiger partial charge >= 0.3 is 0 Å². The summed E-state index contributed by atoms with van der Waals surface area (Å²) < 4.78 is 0. The molecule has 186 valence electrons. The average Bonchev–Trinajstić information content (AvgIpc) is 3.73. The number of hydrogen-bond donors (Lipinski definition) is 2. The molecule has 1 aliphatic heterocycles. The Balaban J connectivity index is 1.51. The standard InChI is InChI=1S/C29H15N11/c1-5-30-10-18-14(1)22-9-23(18)35-24-15-2-6-32-12-20(15)28(36-24)39-26-17-4-8-33-13-21(17)29(40-26)38-25-16-3-7-31-11-19(16)27(34-22)37-25/h1-13H,(H2,34,35,36,37,38,39,40). The molecule has 8 bridgehead atoms. The summed E-state index contributed by atoms with van der Waals surface area (Å²) in [4.78, 5) is 49.0. The third-order valence-electron chi connectivity index (χ3n) is 7.20. The number of H-pyrrole nitrogens is 2. The lowest BCUT2D eigenvalue weighted by molar-refractivity contribution is 1.21. The highest BCUT2D eigenvalue weighted by Crippen LogP contribution is 2.37. The monoisotopic (exact) mass is 517 g/mol. The predicted octanol–water partition coefficient (Wildman–Crippen LogP) is 5.05. The molecule has 0 saturated heterocycles. The molecule has 11 heteroatoms. The minimum atomic E-state index is 0.506. The van der Waals surface area contributed by atoms with Crippen molar-refractivity contribution in [1.29, 1.82) is 0 Å². The number of nitrogens with one attached hydrogen (secondary N) is 2. The van der Waals surface area contributed by atoms with Gasteiger partial charge in [-0.2, -0.15) is 0 Å². The molecule has 7 aromatic heterocycles. The van der Waals surface area contributed by atoms with E-state index < -0.39 is 0 Å². The quantitative estimate of drug-likeness (QED) is 0.282. The fourth-order valence-corrected chi connectivity index (χ4v) is 5.33. The van der Waals surface area contributed by atoms with Crippen molar-refractivity contribution in [1.82, 2.24) is 54.8 Å². The highest BCUT2D eigenvalue weighted by Gasteiger charge is 2.21. The first kappa shape index (κ1) is 21.0. The number of pyridine rings is 4. The number of fused-ring (bicyclic) bond motifs is 20. The third-order valence-corrected chi connectivity index (χ3v) is 7.20. The van der Waals surface area contributed by atoms with Crippen molar-refractivity contribution in [3.8, 4) is 45.3 Å². The van der Waals surface area contributed by atoms with E-state index in [1.807, 2.05) is 36.5 Å². The zero-order valence-electron chi connectivity index (χ0n) is 20.5. The van der Waals surface area contributed by atoms with Crippen molar-refractivity contribution >= 4 is 44.1 Å². The number of nitrogens with zero attached hydrogens (tertiary/aromatic N) is 9. The van der Waals surface area contributed by atoms with Gasteiger partial charge in [-0.05, 0) is 30.3 Å². The lowest BCUT2D eigenvalue weighted by atomic mass is 10.1. The van der Waals surface area contributed by atoms with Gasteiger partial charge in [-0.3, -0.25) is 19.9 Å². The molecular weight excluding hydrogens is 502 g/mol. The molecule has 0 saturated carbocycles. The van der Waals surface area contributed by atoms with Crippen LogP contribution >= 0.6 is 0 Å². The van der Waals surface area contributed by atoms with E-state index in [-0.39, 0.29) is 0 Å². The molecule has 0 amide bonds. The molecule has 0 radical (unpaired) electrons. The molecule has 0 unspecified atom stereocenters. The lowest BCUT2D eigenvalue weighted by Crippen LogP contribution is -1.83. The van der Waals surface area contributed by atoms with Crippen LogP contribution in [0.3, 0.4) is 0 Å². The molecular formula is C29H15N11. The molecule has 0 spiro atoms. The van der Waals surface area contributed by atoms with Gasteiger partial charge in [-0.25, -0.2) is 24.9 Å². The highest BCUT2D eigenvalue weighted by atomic mass is 15.0. The minimum Gasteiger partial charge on any atom is -0.324 e. The van der Waals surface area contributed by atoms with Crippen molar-refractivity contribution in [3.63, 3.8) is 0 Å². The summed E-state index contributed by atoms with van der Waals surface area (Å²) in [6.07, 6.45) is 14.1. The molecule has 0 aromatic carbocycles. The Labute approximate surface area is 224 Å². The Morgan fingerprint density at radius 1 is 0.400 bits per heavy atom. The summed E-state index contributed by atoms with van der Waals surface area (Å²) in [6.45, 7) is 0. The Morgan fingerprint density at radius 2 is 0.900 bits per heavy atom. The van der Waals surface area contributed by atoms with Crippen LogP contribution in [0.25, 0.3) is 89.4 Å². The fraction of sp³-hybridized carbons (Fsp3) is 0. The SMILES string of the molecule is c1cc2c(cn1)-c1cc-2nc2[nH]c(nc3nc(nc4[nH]c(n1)c1ccncc41)-c1ccncc1-3)c1ccncc21. The van der Waals surface area contributed by atoms with Crippen molar-refractivity contribution < 1.29 is 0 Å². The molecule has 2 N–H and O–H groups in total. The van der Waals surface area contributed by atoms with E-state index in [1.54, 1.807) is 43.4 Å². The zero-order valence-corrected chi connectivity index (χ0v) is 20.5. The highest BCUT2D eigenvalue weighted by molar-refractivity contribution is 6.06. The number of aromatic nitrogens is 11. The molecule has 1 aliphatic carbocycles. The average molecular weight is 518 g/mol. The van der Waals surface area contributed by atoms with Crippen LogP contribution < -0.4 is 0 Å². The van der Waals surface area contributed by atoms with Crippen LogP contribution in [0.1, 0.15) is 0 Å². The second-order valence-corrected chi connectivity index (χ2v) is 9.45. The Kier molecular flexibility index (Phi) is 4.08. The van der Waals surface area contributed by atoms with Gasteiger partial charge in [0.15, 0.2) is 11.6 Å². The van der Waals surface area contributed by atoms with E-state index in [4.69, 9.17) is 24.9 Å². The van der Waals surface area contributed by atoms with E-state index in [0.29, 0.717) is 34.2 Å². The van der Waals surface area contributed by atoms with Crippen LogP contribution in [0, 0.1) is 0 Å². The number of hydrogen-bond acceptors (Lipinski definition) is 9. The first-order valence-electron chi connectivity index (χ1n) is 12.5. The topological polar surface area (TPSA) is 148 Å². The zero-order chi connectivity index (χ0) is 26.2. The van der Waals surface area contributed by atoms with Gasteiger partial charge in [0.2, 0.25) is 0 Å². The molecule has 7 aromatic rings. The van der Waals surface area contributed by atoms with Gasteiger partial charge in [0, 0.05) is 93.4 Å². The maximum absolute atomic E-state index is 5.04. The molecule has 2 aliphatic rings. The van der Waals surface area contributed by atoms with Crippen LogP contribution in [0.15, 0.2) is 79.9 Å². The Bertz CT molecular complexity index is 2030. The summed E-state index contributed by atoms with van der Waals surface area (Å²) in [6, 6.07) is 9.64. The van der Waals surface area contributed by atoms with Gasteiger partial charge in [0.25, 0.3) is 0 Å². The van der Waals surface area contributed by atoms with Gasteiger partial charge in [0.05, 0.1) is 11.4 Å². The Hall–Kier alpha value is -5.97. The smallest absolute Gasteiger partial charge is 0.166 e. The fourth-order valence-electron chi connectivity index (χ4n) is 5.33. The van der Waals surface area contributed by atoms with Crippen molar-refractivity contribution in [2.24, 2.45) is 0 Å². The summed E-state index contributed by atoms with van der Waals surface area (Å²) in [5.74, 6) is 1.03. The predicted molar refractivity (Wildman–Crippen MR) is 149 cm³/mol. The second kappa shape index (κ2) is 7.77. The lowest BCUT2D eigenvalue weighted by Gasteiger charge is -1.98. The van der Waals surface area contributed by atoms with E-state index >= 15 is 0 Å². The van der Waals surface area contributed by atoms with Crippen LogP contribution in [-0.4, -0.2) is 54.8 Å². The van der Waals surface area contributed by atoms with Crippen molar-refractivity contribution in [3.05, 3.63) is 79.9 Å². The minimum absolute atomic E-state index is 0.506. The van der Waals surface area contributed by atoms with E-state index in [2.05, 4.69) is 29.9 Å². The first-order chi connectivity index (χ1) is 19.8. The molecule has 40 heavy (non-hydrogen) atoms. The number of aromatic amines is 2. The van der Waals surface area contributed by atoms with Gasteiger partial charge in [0.1, 0.15) is 22.6 Å². The summed E-state index contributed by atoms with van der Waals surface area (Å²) in [5, 5.41) is 3.45. The first-order valence-corrected chi connectivity index (χ1v) is 12.5. The second-order valence-electron chi connectivity index (χ2n) is 9.45. The molecule has 11 nitrogen and oxygen atoms in total. The summed E-state index contributed by atoms with van der Waals surface area (Å²) in [5.41, 5.74) is 7.47. The molecule has 9 rings (SSSR count). The van der Waals surface area contributed by atoms with E-state index in [0.717, 1.165) is 55.2 Å². The van der Waals surface area contributed by atoms with E-state index in [9.17, 15) is 0 Å². The van der Waals surface area contributed by atoms with E-state index in [1.165, 1.54) is 0 Å². The van der Waals surface area contributed by atoms with Crippen LogP contribution in [0.4, 0.5) is 0 Å². The van der Waals surface area contributed by atoms with Crippen LogP contribution in [-0.2, 0) is 0 Å². The molecule has 0 atom stereocenters. The Morgan fingerprint density at radius 3 is 1.62 bits per heavy atom.